The van der Waals surface area contributed by atoms with Crippen LogP contribution in [0, 0.1) is 0 Å². The number of benzene rings is 2. The van der Waals surface area contributed by atoms with E-state index in [9.17, 15) is 4.79 Å². The van der Waals surface area contributed by atoms with Crippen LogP contribution in [0.25, 0.3) is 11.0 Å². The molecule has 1 amide bonds. The van der Waals surface area contributed by atoms with Crippen molar-refractivity contribution >= 4 is 22.9 Å². The molecular formula is C19H22N4O. The maximum absolute atomic E-state index is 12.5. The molecule has 124 valence electrons. The molecule has 1 heterocycles. The molecule has 1 atom stereocenters. The number of para-hydroxylation sites is 2. The van der Waals surface area contributed by atoms with Crippen molar-refractivity contribution in [2.24, 2.45) is 5.73 Å². The molecule has 0 aliphatic heterocycles. The fraction of sp³-hybridized carbons (Fsp3) is 0.263. The summed E-state index contributed by atoms with van der Waals surface area (Å²) in [6.45, 7) is 2.89. The summed E-state index contributed by atoms with van der Waals surface area (Å²) in [5.41, 5.74) is 9.00. The molecule has 0 spiro atoms. The topological polar surface area (TPSA) is 72.9 Å². The summed E-state index contributed by atoms with van der Waals surface area (Å²) in [6.07, 6.45) is 1.46. The van der Waals surface area contributed by atoms with Gasteiger partial charge in [-0.25, -0.2) is 4.98 Å². The second-order valence-corrected chi connectivity index (χ2v) is 5.86. The predicted octanol–water partition coefficient (Wildman–Crippen LogP) is 2.95. The third-order valence-electron chi connectivity index (χ3n) is 3.97. The number of fused-ring (bicyclic) bond motifs is 1. The van der Waals surface area contributed by atoms with Crippen molar-refractivity contribution < 1.29 is 4.79 Å². The van der Waals surface area contributed by atoms with Gasteiger partial charge in [-0.1, -0.05) is 49.4 Å². The molecule has 24 heavy (non-hydrogen) atoms. The van der Waals surface area contributed by atoms with Gasteiger partial charge in [0.2, 0.25) is 11.9 Å². The average Bonchev–Trinajstić information content (AvgIpc) is 2.94. The second kappa shape index (κ2) is 7.27. The van der Waals surface area contributed by atoms with Gasteiger partial charge in [0, 0.05) is 6.54 Å². The lowest BCUT2D eigenvalue weighted by atomic mass is 10.1. The lowest BCUT2D eigenvalue weighted by Crippen LogP contribution is -2.38. The summed E-state index contributed by atoms with van der Waals surface area (Å²) in [4.78, 5) is 17.0. The maximum Gasteiger partial charge on any atom is 0.243 e. The number of hydrogen-bond acceptors (Lipinski definition) is 3. The Bertz CT molecular complexity index is 826. The van der Waals surface area contributed by atoms with E-state index in [-0.39, 0.29) is 5.91 Å². The molecule has 0 radical (unpaired) electrons. The summed E-state index contributed by atoms with van der Waals surface area (Å²) in [5, 5.41) is 2.89. The monoisotopic (exact) mass is 322 g/mol. The van der Waals surface area contributed by atoms with Crippen LogP contribution in [0.1, 0.15) is 18.9 Å². The Morgan fingerprint density at radius 3 is 2.62 bits per heavy atom. The van der Waals surface area contributed by atoms with Crippen LogP contribution in [0.4, 0.5) is 5.95 Å². The van der Waals surface area contributed by atoms with E-state index in [0.717, 1.165) is 29.6 Å². The summed E-state index contributed by atoms with van der Waals surface area (Å²) in [6, 6.07) is 17.0. The zero-order valence-electron chi connectivity index (χ0n) is 13.8. The van der Waals surface area contributed by atoms with Crippen molar-refractivity contribution in [3.8, 4) is 0 Å². The Morgan fingerprint density at radius 1 is 1.17 bits per heavy atom. The highest BCUT2D eigenvalue weighted by molar-refractivity contribution is 5.95. The molecule has 0 aliphatic carbocycles. The SMILES string of the molecule is CCCn1c(NC(=O)C(N)Cc2ccccc2)nc2ccccc21. The fourth-order valence-corrected chi connectivity index (χ4v) is 2.78. The first kappa shape index (κ1) is 16.2. The molecule has 3 rings (SSSR count). The minimum atomic E-state index is -0.609. The van der Waals surface area contributed by atoms with Crippen LogP contribution >= 0.6 is 0 Å². The highest BCUT2D eigenvalue weighted by Gasteiger charge is 2.18. The van der Waals surface area contributed by atoms with Crippen molar-refractivity contribution in [3.63, 3.8) is 0 Å². The van der Waals surface area contributed by atoms with E-state index >= 15 is 0 Å². The first-order chi connectivity index (χ1) is 11.7. The van der Waals surface area contributed by atoms with E-state index < -0.39 is 6.04 Å². The number of carbonyl (C=O) groups excluding carboxylic acids is 1. The minimum Gasteiger partial charge on any atom is -0.320 e. The molecule has 1 unspecified atom stereocenters. The van der Waals surface area contributed by atoms with Gasteiger partial charge < -0.3 is 10.3 Å². The number of nitrogens with two attached hydrogens (primary N) is 1. The molecule has 1 aromatic heterocycles. The van der Waals surface area contributed by atoms with Gasteiger partial charge >= 0.3 is 0 Å². The van der Waals surface area contributed by atoms with Crippen LogP contribution in [-0.2, 0) is 17.8 Å². The molecule has 3 N–H and O–H groups in total. The lowest BCUT2D eigenvalue weighted by Gasteiger charge is -2.13. The molecule has 0 fully saturated rings. The van der Waals surface area contributed by atoms with Gasteiger partial charge in [-0.15, -0.1) is 0 Å². The maximum atomic E-state index is 12.5. The number of carbonyl (C=O) groups is 1. The van der Waals surface area contributed by atoms with Gasteiger partial charge in [0.15, 0.2) is 0 Å². The summed E-state index contributed by atoms with van der Waals surface area (Å²) < 4.78 is 2.03. The molecule has 0 aliphatic rings. The van der Waals surface area contributed by atoms with Gasteiger partial charge in [-0.2, -0.15) is 0 Å². The Morgan fingerprint density at radius 2 is 1.88 bits per heavy atom. The third kappa shape index (κ3) is 3.46. The largest absolute Gasteiger partial charge is 0.320 e. The number of hydrogen-bond donors (Lipinski definition) is 2. The van der Waals surface area contributed by atoms with Gasteiger partial charge in [-0.3, -0.25) is 10.1 Å². The summed E-state index contributed by atoms with van der Waals surface area (Å²) in [5.74, 6) is 0.345. The number of anilines is 1. The van der Waals surface area contributed by atoms with Gasteiger partial charge in [-0.05, 0) is 30.5 Å². The van der Waals surface area contributed by atoms with Crippen LogP contribution in [-0.4, -0.2) is 21.5 Å². The minimum absolute atomic E-state index is 0.216. The molecule has 0 bridgehead atoms. The third-order valence-corrected chi connectivity index (χ3v) is 3.97. The molecule has 0 saturated carbocycles. The molecular weight excluding hydrogens is 300 g/mol. The van der Waals surface area contributed by atoms with E-state index in [1.54, 1.807) is 0 Å². The van der Waals surface area contributed by atoms with Crippen LogP contribution < -0.4 is 11.1 Å². The van der Waals surface area contributed by atoms with Crippen LogP contribution in [0.2, 0.25) is 0 Å². The van der Waals surface area contributed by atoms with Crippen LogP contribution in [0.15, 0.2) is 54.6 Å². The highest BCUT2D eigenvalue weighted by atomic mass is 16.2. The number of nitrogens with zero attached hydrogens (tertiary/aromatic N) is 2. The summed E-state index contributed by atoms with van der Waals surface area (Å²) >= 11 is 0. The standard InChI is InChI=1S/C19H22N4O/c1-2-12-23-17-11-7-6-10-16(17)21-19(23)22-18(24)15(20)13-14-8-4-3-5-9-14/h3-11,15H,2,12-13,20H2,1H3,(H,21,22,24). The van der Waals surface area contributed by atoms with E-state index in [1.165, 1.54) is 0 Å². The number of rotatable bonds is 6. The highest BCUT2D eigenvalue weighted by Crippen LogP contribution is 2.20. The van der Waals surface area contributed by atoms with E-state index in [4.69, 9.17) is 5.73 Å². The van der Waals surface area contributed by atoms with E-state index in [0.29, 0.717) is 12.4 Å². The smallest absolute Gasteiger partial charge is 0.243 e. The first-order valence-electron chi connectivity index (χ1n) is 8.24. The number of aryl methyl sites for hydroxylation is 1. The number of aromatic nitrogens is 2. The molecule has 5 nitrogen and oxygen atoms in total. The van der Waals surface area contributed by atoms with Crippen LogP contribution in [0.5, 0.6) is 0 Å². The first-order valence-corrected chi connectivity index (χ1v) is 8.24. The number of amides is 1. The van der Waals surface area contributed by atoms with Gasteiger partial charge in [0.1, 0.15) is 0 Å². The Labute approximate surface area is 141 Å². The van der Waals surface area contributed by atoms with E-state index in [1.807, 2.05) is 59.2 Å². The normalized spacial score (nSPS) is 12.2. The van der Waals surface area contributed by atoms with Gasteiger partial charge in [0.05, 0.1) is 17.1 Å². The van der Waals surface area contributed by atoms with Crippen molar-refractivity contribution in [3.05, 3.63) is 60.2 Å². The molecule has 3 aromatic rings. The zero-order chi connectivity index (χ0) is 16.9. The molecule has 0 saturated heterocycles. The predicted molar refractivity (Wildman–Crippen MR) is 96.8 cm³/mol. The average molecular weight is 322 g/mol. The number of imidazole rings is 1. The van der Waals surface area contributed by atoms with Crippen molar-refractivity contribution in [2.75, 3.05) is 5.32 Å². The Hall–Kier alpha value is -2.66. The van der Waals surface area contributed by atoms with Gasteiger partial charge in [0.25, 0.3) is 0 Å². The molecule has 5 heteroatoms. The molecule has 2 aromatic carbocycles. The van der Waals surface area contributed by atoms with Crippen LogP contribution in [0.3, 0.4) is 0 Å². The second-order valence-electron chi connectivity index (χ2n) is 5.86. The van der Waals surface area contributed by atoms with Crippen molar-refractivity contribution in [1.82, 2.24) is 9.55 Å². The fourth-order valence-electron chi connectivity index (χ4n) is 2.78. The number of nitrogens with one attached hydrogen (secondary N) is 1. The lowest BCUT2D eigenvalue weighted by molar-refractivity contribution is -0.117. The van der Waals surface area contributed by atoms with Crippen molar-refractivity contribution in [1.29, 1.82) is 0 Å². The van der Waals surface area contributed by atoms with Crippen molar-refractivity contribution in [2.45, 2.75) is 32.4 Å². The quantitative estimate of drug-likeness (QED) is 0.733. The Balaban J connectivity index is 1.78. The summed E-state index contributed by atoms with van der Waals surface area (Å²) in [7, 11) is 0. The Kier molecular flexibility index (Phi) is 4.91. The zero-order valence-corrected chi connectivity index (χ0v) is 13.8. The van der Waals surface area contributed by atoms with E-state index in [2.05, 4.69) is 17.2 Å².